The Hall–Kier alpha value is -2.30. The van der Waals surface area contributed by atoms with Crippen molar-refractivity contribution >= 4 is 23.2 Å². The van der Waals surface area contributed by atoms with Gasteiger partial charge in [-0.1, -0.05) is 0 Å². The maximum absolute atomic E-state index is 11.9. The summed E-state index contributed by atoms with van der Waals surface area (Å²) in [5.41, 5.74) is 1.38. The number of hydrogen-bond acceptors (Lipinski definition) is 4. The zero-order chi connectivity index (χ0) is 14.0. The summed E-state index contributed by atoms with van der Waals surface area (Å²) in [4.78, 5) is 23.2. The van der Waals surface area contributed by atoms with Gasteiger partial charge in [-0.05, 0) is 25.1 Å². The quantitative estimate of drug-likeness (QED) is 0.625. The van der Waals surface area contributed by atoms with E-state index in [0.29, 0.717) is 23.0 Å². The molecule has 1 aromatic carbocycles. The highest BCUT2D eigenvalue weighted by atomic mass is 16.5. The fourth-order valence-electron chi connectivity index (χ4n) is 2.14. The van der Waals surface area contributed by atoms with Gasteiger partial charge < -0.3 is 14.0 Å². The van der Waals surface area contributed by atoms with Crippen molar-refractivity contribution in [2.45, 2.75) is 6.92 Å². The lowest BCUT2D eigenvalue weighted by molar-refractivity contribution is 0.0513. The molecule has 0 aliphatic heterocycles. The molecule has 2 aromatic rings. The number of benzene rings is 1. The van der Waals surface area contributed by atoms with Crippen LogP contribution in [0.3, 0.4) is 0 Å². The van der Waals surface area contributed by atoms with Gasteiger partial charge in [0.05, 0.1) is 19.3 Å². The van der Waals surface area contributed by atoms with Gasteiger partial charge in [0, 0.05) is 18.0 Å². The second kappa shape index (κ2) is 5.14. The first-order valence-corrected chi connectivity index (χ1v) is 5.92. The number of aldehydes is 1. The van der Waals surface area contributed by atoms with Gasteiger partial charge in [0.25, 0.3) is 0 Å². The Morgan fingerprint density at radius 2 is 2.16 bits per heavy atom. The summed E-state index contributed by atoms with van der Waals surface area (Å²) in [6.07, 6.45) is 0.675. The number of carbonyl (C=O) groups is 2. The minimum atomic E-state index is -0.498. The van der Waals surface area contributed by atoms with E-state index in [0.717, 1.165) is 5.52 Å². The monoisotopic (exact) mass is 261 g/mol. The van der Waals surface area contributed by atoms with Gasteiger partial charge in [0.2, 0.25) is 0 Å². The van der Waals surface area contributed by atoms with Crippen molar-refractivity contribution in [1.82, 2.24) is 4.57 Å². The zero-order valence-corrected chi connectivity index (χ0v) is 11.1. The molecule has 0 aliphatic carbocycles. The molecule has 5 nitrogen and oxygen atoms in total. The van der Waals surface area contributed by atoms with Crippen LogP contribution in [0.15, 0.2) is 18.2 Å². The predicted molar refractivity (Wildman–Crippen MR) is 70.8 cm³/mol. The molecular weight excluding hydrogens is 246 g/mol. The Morgan fingerprint density at radius 1 is 1.42 bits per heavy atom. The third-order valence-corrected chi connectivity index (χ3v) is 3.03. The fraction of sp³-hybridized carbons (Fsp3) is 0.286. The van der Waals surface area contributed by atoms with Gasteiger partial charge in [-0.25, -0.2) is 4.79 Å². The molecule has 2 rings (SSSR count). The van der Waals surface area contributed by atoms with Crippen molar-refractivity contribution < 1.29 is 19.1 Å². The van der Waals surface area contributed by atoms with Crippen LogP contribution in [0.2, 0.25) is 0 Å². The summed E-state index contributed by atoms with van der Waals surface area (Å²) >= 11 is 0. The van der Waals surface area contributed by atoms with Crippen molar-refractivity contribution in [2.75, 3.05) is 13.7 Å². The number of nitrogens with zero attached hydrogens (tertiary/aromatic N) is 1. The van der Waals surface area contributed by atoms with Gasteiger partial charge in [0.15, 0.2) is 6.29 Å². The molecule has 0 spiro atoms. The second-order valence-corrected chi connectivity index (χ2v) is 4.04. The highest BCUT2D eigenvalue weighted by molar-refractivity contribution is 6.08. The van der Waals surface area contributed by atoms with Crippen LogP contribution < -0.4 is 4.74 Å². The zero-order valence-electron chi connectivity index (χ0n) is 11.1. The molecule has 0 saturated heterocycles. The third kappa shape index (κ3) is 2.07. The maximum Gasteiger partial charge on any atom is 0.355 e. The van der Waals surface area contributed by atoms with Crippen molar-refractivity contribution in [3.8, 4) is 5.75 Å². The lowest BCUT2D eigenvalue weighted by Gasteiger charge is -2.04. The number of rotatable bonds is 4. The summed E-state index contributed by atoms with van der Waals surface area (Å²) in [6, 6.07) is 5.33. The van der Waals surface area contributed by atoms with Crippen molar-refractivity contribution in [1.29, 1.82) is 0 Å². The van der Waals surface area contributed by atoms with Crippen LogP contribution in [0, 0.1) is 0 Å². The molecule has 0 bridgehead atoms. The molecule has 0 aliphatic rings. The number of methoxy groups -OCH3 is 1. The highest BCUT2D eigenvalue weighted by Crippen LogP contribution is 2.28. The minimum Gasteiger partial charge on any atom is -0.497 e. The van der Waals surface area contributed by atoms with Gasteiger partial charge in [0.1, 0.15) is 11.4 Å². The topological polar surface area (TPSA) is 57.5 Å². The Labute approximate surface area is 110 Å². The van der Waals surface area contributed by atoms with Crippen LogP contribution in [0.1, 0.15) is 27.8 Å². The Morgan fingerprint density at radius 3 is 2.74 bits per heavy atom. The number of aromatic nitrogens is 1. The average Bonchev–Trinajstić information content (AvgIpc) is 2.71. The van der Waals surface area contributed by atoms with Crippen LogP contribution in [0.4, 0.5) is 0 Å². The SMILES string of the molecule is CCOC(=O)c1c(C=O)c2cc(OC)ccc2n1C. The van der Waals surface area contributed by atoms with Crippen LogP contribution in [0.5, 0.6) is 5.75 Å². The van der Waals surface area contributed by atoms with Crippen molar-refractivity contribution in [3.63, 3.8) is 0 Å². The Kier molecular flexibility index (Phi) is 3.55. The van der Waals surface area contributed by atoms with E-state index in [4.69, 9.17) is 9.47 Å². The molecule has 0 amide bonds. The van der Waals surface area contributed by atoms with E-state index in [2.05, 4.69) is 0 Å². The number of ether oxygens (including phenoxy) is 2. The Bertz CT molecular complexity index is 642. The lowest BCUT2D eigenvalue weighted by Crippen LogP contribution is -2.11. The number of carbonyl (C=O) groups excluding carboxylic acids is 2. The summed E-state index contributed by atoms with van der Waals surface area (Å²) in [5, 5.41) is 0.680. The smallest absolute Gasteiger partial charge is 0.355 e. The minimum absolute atomic E-state index is 0.264. The van der Waals surface area contributed by atoms with E-state index < -0.39 is 5.97 Å². The molecule has 100 valence electrons. The molecule has 19 heavy (non-hydrogen) atoms. The third-order valence-electron chi connectivity index (χ3n) is 3.03. The van der Waals surface area contributed by atoms with Crippen molar-refractivity contribution in [2.24, 2.45) is 7.05 Å². The molecule has 0 N–H and O–H groups in total. The molecule has 1 heterocycles. The van der Waals surface area contributed by atoms with Crippen LogP contribution in [0.25, 0.3) is 10.9 Å². The van der Waals surface area contributed by atoms with Crippen LogP contribution in [-0.2, 0) is 11.8 Å². The van der Waals surface area contributed by atoms with Gasteiger partial charge in [-0.2, -0.15) is 0 Å². The van der Waals surface area contributed by atoms with E-state index in [1.807, 2.05) is 6.07 Å². The van der Waals surface area contributed by atoms with Gasteiger partial charge in [-0.15, -0.1) is 0 Å². The van der Waals surface area contributed by atoms with E-state index in [1.54, 1.807) is 37.8 Å². The molecule has 0 saturated carbocycles. The first-order chi connectivity index (χ1) is 9.13. The first kappa shape index (κ1) is 13.1. The fourth-order valence-corrected chi connectivity index (χ4v) is 2.14. The molecule has 0 unspecified atom stereocenters. The number of hydrogen-bond donors (Lipinski definition) is 0. The molecule has 1 aromatic heterocycles. The second-order valence-electron chi connectivity index (χ2n) is 4.04. The normalized spacial score (nSPS) is 10.5. The van der Waals surface area contributed by atoms with Gasteiger partial charge in [-0.3, -0.25) is 4.79 Å². The van der Waals surface area contributed by atoms with Crippen LogP contribution >= 0.6 is 0 Å². The van der Waals surface area contributed by atoms with Crippen LogP contribution in [-0.4, -0.2) is 30.5 Å². The molecule has 0 fully saturated rings. The summed E-state index contributed by atoms with van der Waals surface area (Å²) < 4.78 is 11.8. The maximum atomic E-state index is 11.9. The average molecular weight is 261 g/mol. The largest absolute Gasteiger partial charge is 0.497 e. The summed E-state index contributed by atoms with van der Waals surface area (Å²) in [6.45, 7) is 1.99. The summed E-state index contributed by atoms with van der Waals surface area (Å²) in [7, 11) is 3.28. The van der Waals surface area contributed by atoms with Gasteiger partial charge >= 0.3 is 5.97 Å². The summed E-state index contributed by atoms with van der Waals surface area (Å²) in [5.74, 6) is 0.138. The van der Waals surface area contributed by atoms with E-state index >= 15 is 0 Å². The highest BCUT2D eigenvalue weighted by Gasteiger charge is 2.22. The molecule has 0 radical (unpaired) electrons. The molecule has 0 atom stereocenters. The predicted octanol–water partition coefficient (Wildman–Crippen LogP) is 2.18. The number of esters is 1. The Balaban J connectivity index is 2.73. The molecule has 5 heteroatoms. The molecular formula is C14H15NO4. The number of fused-ring (bicyclic) bond motifs is 1. The first-order valence-electron chi connectivity index (χ1n) is 5.92. The lowest BCUT2D eigenvalue weighted by atomic mass is 10.1. The van der Waals surface area contributed by atoms with E-state index in [1.165, 1.54) is 0 Å². The van der Waals surface area contributed by atoms with E-state index in [9.17, 15) is 9.59 Å². The van der Waals surface area contributed by atoms with E-state index in [-0.39, 0.29) is 12.3 Å². The van der Waals surface area contributed by atoms with Crippen molar-refractivity contribution in [3.05, 3.63) is 29.5 Å². The standard InChI is InChI=1S/C14H15NO4/c1-4-19-14(17)13-11(8-16)10-7-9(18-3)5-6-12(10)15(13)2/h5-8H,4H2,1-3H3. The number of aryl methyl sites for hydroxylation is 1.